The van der Waals surface area contributed by atoms with Gasteiger partial charge in [-0.1, -0.05) is 0 Å². The smallest absolute Gasteiger partial charge is 0.410 e. The van der Waals surface area contributed by atoms with Crippen LogP contribution in [0.3, 0.4) is 0 Å². The van der Waals surface area contributed by atoms with E-state index in [1.165, 1.54) is 0 Å². The van der Waals surface area contributed by atoms with Gasteiger partial charge in [0.25, 0.3) is 5.56 Å². The van der Waals surface area contributed by atoms with Gasteiger partial charge in [-0.05, 0) is 40.0 Å². The van der Waals surface area contributed by atoms with Gasteiger partial charge in [0.05, 0.1) is 5.69 Å². The minimum absolute atomic E-state index is 0.0436. The number of carbonyl (C=O) groups excluding carboxylic acids is 1. The number of aromatic nitrogens is 2. The van der Waals surface area contributed by atoms with E-state index >= 15 is 0 Å². The third-order valence-corrected chi connectivity index (χ3v) is 3.99. The zero-order chi connectivity index (χ0) is 15.9. The molecule has 120 valence electrons. The summed E-state index contributed by atoms with van der Waals surface area (Å²) in [6.45, 7) is 6.60. The molecule has 2 heterocycles. The first-order valence-electron chi connectivity index (χ1n) is 7.93. The first kappa shape index (κ1) is 15.1. The second kappa shape index (κ2) is 5.41. The van der Waals surface area contributed by atoms with E-state index < -0.39 is 5.60 Å². The van der Waals surface area contributed by atoms with Gasteiger partial charge in [0.1, 0.15) is 11.4 Å². The molecule has 2 aliphatic rings. The van der Waals surface area contributed by atoms with Crippen molar-refractivity contribution >= 4 is 6.09 Å². The van der Waals surface area contributed by atoms with E-state index in [0.29, 0.717) is 31.8 Å². The Kier molecular flexibility index (Phi) is 3.70. The fraction of sp³-hybridized carbons (Fsp3) is 0.688. The fourth-order valence-electron chi connectivity index (χ4n) is 2.69. The topological polar surface area (TPSA) is 75.3 Å². The molecule has 0 spiro atoms. The van der Waals surface area contributed by atoms with Crippen molar-refractivity contribution in [2.24, 2.45) is 0 Å². The Morgan fingerprint density at radius 2 is 1.95 bits per heavy atom. The number of H-pyrrole nitrogens is 1. The molecule has 6 nitrogen and oxygen atoms in total. The molecule has 0 bridgehead atoms. The number of hydrogen-bond donors (Lipinski definition) is 1. The SMILES string of the molecule is CC(C)(C)OC(=O)N1CCc2nc(C3CC3)[nH]c(=O)c2CC1. The van der Waals surface area contributed by atoms with Crippen LogP contribution in [0, 0.1) is 0 Å². The fourth-order valence-corrected chi connectivity index (χ4v) is 2.69. The summed E-state index contributed by atoms with van der Waals surface area (Å²) in [5.74, 6) is 1.23. The van der Waals surface area contributed by atoms with Crippen molar-refractivity contribution in [3.63, 3.8) is 0 Å². The Bertz CT molecular complexity index is 641. The molecule has 0 aromatic carbocycles. The van der Waals surface area contributed by atoms with Gasteiger partial charge in [0.15, 0.2) is 0 Å². The van der Waals surface area contributed by atoms with Crippen LogP contribution < -0.4 is 5.56 Å². The highest BCUT2D eigenvalue weighted by atomic mass is 16.6. The summed E-state index contributed by atoms with van der Waals surface area (Å²) >= 11 is 0. The number of carbonyl (C=O) groups is 1. The molecular weight excluding hydrogens is 282 g/mol. The minimum atomic E-state index is -0.509. The van der Waals surface area contributed by atoms with Crippen LogP contribution in [-0.2, 0) is 17.6 Å². The number of rotatable bonds is 1. The Hall–Kier alpha value is -1.85. The first-order valence-corrected chi connectivity index (χ1v) is 7.93. The van der Waals surface area contributed by atoms with E-state index in [0.717, 1.165) is 29.9 Å². The second-order valence-electron chi connectivity index (χ2n) is 7.12. The highest BCUT2D eigenvalue weighted by Crippen LogP contribution is 2.37. The summed E-state index contributed by atoms with van der Waals surface area (Å²) in [5.41, 5.74) is 1.01. The number of ether oxygens (including phenoxy) is 1. The molecule has 0 radical (unpaired) electrons. The van der Waals surface area contributed by atoms with Gasteiger partial charge in [0, 0.05) is 31.0 Å². The summed E-state index contributed by atoms with van der Waals surface area (Å²) in [7, 11) is 0. The lowest BCUT2D eigenvalue weighted by Crippen LogP contribution is -2.38. The number of aromatic amines is 1. The Morgan fingerprint density at radius 3 is 2.59 bits per heavy atom. The van der Waals surface area contributed by atoms with Crippen LogP contribution >= 0.6 is 0 Å². The predicted octanol–water partition coefficient (Wildman–Crippen LogP) is 1.98. The summed E-state index contributed by atoms with van der Waals surface area (Å²) in [6.07, 6.45) is 3.02. The largest absolute Gasteiger partial charge is 0.444 e. The normalized spacial score (nSPS) is 18.6. The van der Waals surface area contributed by atoms with Crippen molar-refractivity contribution in [2.45, 2.75) is 58.0 Å². The van der Waals surface area contributed by atoms with Crippen molar-refractivity contribution < 1.29 is 9.53 Å². The zero-order valence-electron chi connectivity index (χ0n) is 13.4. The molecule has 0 unspecified atom stereocenters. The van der Waals surface area contributed by atoms with E-state index in [-0.39, 0.29) is 11.7 Å². The van der Waals surface area contributed by atoms with Gasteiger partial charge in [-0.3, -0.25) is 4.79 Å². The van der Waals surface area contributed by atoms with Crippen LogP contribution in [0.2, 0.25) is 0 Å². The third kappa shape index (κ3) is 3.31. The van der Waals surface area contributed by atoms with E-state index in [2.05, 4.69) is 9.97 Å². The lowest BCUT2D eigenvalue weighted by molar-refractivity contribution is 0.0258. The molecule has 1 aromatic rings. The molecule has 1 saturated carbocycles. The lowest BCUT2D eigenvalue weighted by atomic mass is 10.1. The monoisotopic (exact) mass is 305 g/mol. The maximum absolute atomic E-state index is 12.2. The summed E-state index contributed by atoms with van der Waals surface area (Å²) in [5, 5.41) is 0. The van der Waals surface area contributed by atoms with Crippen LogP contribution in [-0.4, -0.2) is 39.7 Å². The van der Waals surface area contributed by atoms with E-state index in [1.54, 1.807) is 4.90 Å². The van der Waals surface area contributed by atoms with Gasteiger partial charge < -0.3 is 14.6 Å². The van der Waals surface area contributed by atoms with Crippen LogP contribution in [0.25, 0.3) is 0 Å². The van der Waals surface area contributed by atoms with E-state index in [9.17, 15) is 9.59 Å². The van der Waals surface area contributed by atoms with Crippen LogP contribution in [0.1, 0.15) is 56.6 Å². The highest BCUT2D eigenvalue weighted by Gasteiger charge is 2.29. The molecule has 6 heteroatoms. The van der Waals surface area contributed by atoms with Gasteiger partial charge in [-0.15, -0.1) is 0 Å². The number of nitrogens with one attached hydrogen (secondary N) is 1. The third-order valence-electron chi connectivity index (χ3n) is 3.99. The van der Waals surface area contributed by atoms with Crippen molar-refractivity contribution in [3.8, 4) is 0 Å². The van der Waals surface area contributed by atoms with Crippen molar-refractivity contribution in [2.75, 3.05) is 13.1 Å². The average Bonchev–Trinajstić information content (AvgIpc) is 3.23. The average molecular weight is 305 g/mol. The van der Waals surface area contributed by atoms with E-state index in [1.807, 2.05) is 20.8 Å². The number of fused-ring (bicyclic) bond motifs is 1. The summed E-state index contributed by atoms with van der Waals surface area (Å²) in [4.78, 5) is 33.6. The highest BCUT2D eigenvalue weighted by molar-refractivity contribution is 5.68. The molecule has 1 fully saturated rings. The Morgan fingerprint density at radius 1 is 1.27 bits per heavy atom. The zero-order valence-corrected chi connectivity index (χ0v) is 13.4. The maximum Gasteiger partial charge on any atom is 0.410 e. The molecule has 22 heavy (non-hydrogen) atoms. The van der Waals surface area contributed by atoms with Crippen molar-refractivity contribution in [1.82, 2.24) is 14.9 Å². The van der Waals surface area contributed by atoms with Gasteiger partial charge >= 0.3 is 6.09 Å². The van der Waals surface area contributed by atoms with Crippen LogP contribution in [0.4, 0.5) is 4.79 Å². The van der Waals surface area contributed by atoms with Gasteiger partial charge in [0.2, 0.25) is 0 Å². The molecule has 0 saturated heterocycles. The molecule has 3 rings (SSSR count). The summed E-state index contributed by atoms with van der Waals surface area (Å²) in [6, 6.07) is 0. The second-order valence-corrected chi connectivity index (χ2v) is 7.12. The first-order chi connectivity index (χ1) is 10.3. The quantitative estimate of drug-likeness (QED) is 0.861. The van der Waals surface area contributed by atoms with Gasteiger partial charge in [-0.25, -0.2) is 9.78 Å². The minimum Gasteiger partial charge on any atom is -0.444 e. The molecule has 0 atom stereocenters. The molecule has 1 amide bonds. The molecule has 1 aliphatic heterocycles. The number of nitrogens with zero attached hydrogens (tertiary/aromatic N) is 2. The Balaban J connectivity index is 1.76. The molecular formula is C16H23N3O3. The van der Waals surface area contributed by atoms with Gasteiger partial charge in [-0.2, -0.15) is 0 Å². The van der Waals surface area contributed by atoms with Crippen molar-refractivity contribution in [3.05, 3.63) is 27.4 Å². The van der Waals surface area contributed by atoms with Crippen LogP contribution in [0.15, 0.2) is 4.79 Å². The Labute approximate surface area is 129 Å². The number of hydrogen-bond acceptors (Lipinski definition) is 4. The van der Waals surface area contributed by atoms with Crippen molar-refractivity contribution in [1.29, 1.82) is 0 Å². The summed E-state index contributed by atoms with van der Waals surface area (Å²) < 4.78 is 5.41. The lowest BCUT2D eigenvalue weighted by Gasteiger charge is -2.26. The molecule has 1 aromatic heterocycles. The van der Waals surface area contributed by atoms with E-state index in [4.69, 9.17) is 4.74 Å². The van der Waals surface area contributed by atoms with Crippen LogP contribution in [0.5, 0.6) is 0 Å². The molecule has 1 aliphatic carbocycles. The predicted molar refractivity (Wildman–Crippen MR) is 82.0 cm³/mol. The maximum atomic E-state index is 12.2. The standard InChI is InChI=1S/C16H23N3O3/c1-16(2,3)22-15(21)19-8-6-11-12(7-9-19)17-13(10-4-5-10)18-14(11)20/h10H,4-9H2,1-3H3,(H,17,18,20). The number of amides is 1. The molecule has 1 N–H and O–H groups in total.